The van der Waals surface area contributed by atoms with Crippen molar-refractivity contribution in [1.29, 1.82) is 0 Å². The van der Waals surface area contributed by atoms with Crippen LogP contribution in [0.15, 0.2) is 59.5 Å². The van der Waals surface area contributed by atoms with Gasteiger partial charge in [0.05, 0.1) is 18.2 Å². The molecular formula is C23H22FN5O3S. The van der Waals surface area contributed by atoms with Crippen LogP contribution in [0.25, 0.3) is 22.2 Å². The number of nitrogens with zero attached hydrogens (tertiary/aromatic N) is 5. The van der Waals surface area contributed by atoms with E-state index in [2.05, 4.69) is 15.0 Å². The Morgan fingerprint density at radius 2 is 2.03 bits per heavy atom. The molecule has 0 N–H and O–H groups in total. The first-order valence-electron chi connectivity index (χ1n) is 10.6. The van der Waals surface area contributed by atoms with Gasteiger partial charge in [0.2, 0.25) is 11.8 Å². The number of aromatic nitrogens is 3. The fraction of sp³-hybridized carbons (Fsp3) is 0.261. The third-order valence-electron chi connectivity index (χ3n) is 5.77. The second-order valence-corrected chi connectivity index (χ2v) is 8.33. The quantitative estimate of drug-likeness (QED) is 0.412. The van der Waals surface area contributed by atoms with E-state index >= 15 is 0 Å². The van der Waals surface area contributed by atoms with Gasteiger partial charge in [-0.1, -0.05) is 0 Å². The first-order chi connectivity index (χ1) is 16.1. The highest BCUT2D eigenvalue weighted by molar-refractivity contribution is 7.92. The Kier molecular flexibility index (Phi) is 6.01. The van der Waals surface area contributed by atoms with E-state index in [4.69, 9.17) is 9.15 Å². The van der Waals surface area contributed by atoms with E-state index in [-0.39, 0.29) is 18.2 Å². The summed E-state index contributed by atoms with van der Waals surface area (Å²) in [6.07, 6.45) is 4.94. The van der Waals surface area contributed by atoms with Crippen molar-refractivity contribution < 1.29 is 17.8 Å². The number of hydrogen-bond donors (Lipinski definition) is 0. The van der Waals surface area contributed by atoms with E-state index in [9.17, 15) is 8.68 Å². The molecule has 5 rings (SSSR count). The molecule has 1 aromatic carbocycles. The van der Waals surface area contributed by atoms with Gasteiger partial charge in [-0.2, -0.15) is 9.19 Å². The highest BCUT2D eigenvalue weighted by atomic mass is 32.2. The van der Waals surface area contributed by atoms with Crippen molar-refractivity contribution in [2.24, 2.45) is 0 Å². The number of halogens is 1. The molecule has 1 saturated heterocycles. The van der Waals surface area contributed by atoms with Crippen molar-refractivity contribution in [1.82, 2.24) is 24.0 Å². The van der Waals surface area contributed by atoms with Crippen LogP contribution in [0.4, 0.5) is 3.89 Å². The minimum atomic E-state index is 0.0363. The number of furan rings is 1. The standard InChI is InChI=1S/C23H22FN5O3S/c1-16(30)28-10-8-27(9-11-28)14-18-15-31-22-12-19(3-4-20(18)22)32-23-5-2-17(13-25-23)21-6-7-26-29(21)33-24/h2-7,12-13,15H,8-11,14H2,1H3. The van der Waals surface area contributed by atoms with Crippen LogP contribution in [-0.4, -0.2) is 56.1 Å². The van der Waals surface area contributed by atoms with Gasteiger partial charge in [0, 0.05) is 74.5 Å². The lowest BCUT2D eigenvalue weighted by Gasteiger charge is -2.33. The number of pyridine rings is 1. The SMILES string of the molecule is CC(=O)N1CCN(Cc2coc3cc(Oc4ccc(-c5ccnn5SF)cn4)ccc23)CC1. The molecule has 3 aromatic heterocycles. The smallest absolute Gasteiger partial charge is 0.219 e. The van der Waals surface area contributed by atoms with E-state index in [1.54, 1.807) is 37.6 Å². The van der Waals surface area contributed by atoms with Crippen LogP contribution in [0.3, 0.4) is 0 Å². The van der Waals surface area contributed by atoms with Crippen LogP contribution in [0.2, 0.25) is 0 Å². The van der Waals surface area contributed by atoms with Crippen molar-refractivity contribution in [3.05, 3.63) is 60.6 Å². The third-order valence-corrected chi connectivity index (χ3v) is 6.19. The van der Waals surface area contributed by atoms with Crippen molar-refractivity contribution in [2.75, 3.05) is 26.2 Å². The number of benzene rings is 1. The summed E-state index contributed by atoms with van der Waals surface area (Å²) in [5.41, 5.74) is 3.21. The van der Waals surface area contributed by atoms with Crippen molar-refractivity contribution in [2.45, 2.75) is 13.5 Å². The average molecular weight is 468 g/mol. The molecule has 0 aliphatic carbocycles. The molecule has 1 aliphatic heterocycles. The Morgan fingerprint density at radius 3 is 2.76 bits per heavy atom. The second kappa shape index (κ2) is 9.24. The Bertz CT molecular complexity index is 1260. The first-order valence-corrected chi connectivity index (χ1v) is 11.2. The molecule has 4 heterocycles. The van der Waals surface area contributed by atoms with Crippen LogP contribution in [-0.2, 0) is 11.3 Å². The Labute approximate surface area is 194 Å². The number of hydrogen-bond acceptors (Lipinski definition) is 7. The van der Waals surface area contributed by atoms with Crippen molar-refractivity contribution in [3.8, 4) is 22.9 Å². The molecule has 1 aliphatic rings. The zero-order chi connectivity index (χ0) is 22.8. The van der Waals surface area contributed by atoms with Gasteiger partial charge in [-0.05, 0) is 24.3 Å². The highest BCUT2D eigenvalue weighted by Crippen LogP contribution is 2.30. The van der Waals surface area contributed by atoms with E-state index < -0.39 is 0 Å². The summed E-state index contributed by atoms with van der Waals surface area (Å²) in [5.74, 6) is 1.17. The average Bonchev–Trinajstić information content (AvgIpc) is 3.47. The first kappa shape index (κ1) is 21.5. The molecule has 0 saturated carbocycles. The molecule has 1 amide bonds. The maximum absolute atomic E-state index is 12.9. The summed E-state index contributed by atoms with van der Waals surface area (Å²) in [6, 6.07) is 11.0. The predicted octanol–water partition coefficient (Wildman–Crippen LogP) is 4.53. The normalized spacial score (nSPS) is 14.7. The van der Waals surface area contributed by atoms with Gasteiger partial charge < -0.3 is 14.1 Å². The summed E-state index contributed by atoms with van der Waals surface area (Å²) >= 11 is 0.0363. The topological polar surface area (TPSA) is 76.6 Å². The lowest BCUT2D eigenvalue weighted by molar-refractivity contribution is -0.130. The van der Waals surface area contributed by atoms with E-state index in [0.717, 1.165) is 54.8 Å². The maximum Gasteiger partial charge on any atom is 0.219 e. The lowest BCUT2D eigenvalue weighted by atomic mass is 10.1. The van der Waals surface area contributed by atoms with Gasteiger partial charge in [0.25, 0.3) is 0 Å². The van der Waals surface area contributed by atoms with Crippen LogP contribution in [0, 0.1) is 0 Å². The molecule has 8 nitrogen and oxygen atoms in total. The van der Waals surface area contributed by atoms with Crippen molar-refractivity contribution >= 4 is 29.2 Å². The minimum Gasteiger partial charge on any atom is -0.464 e. The maximum atomic E-state index is 12.9. The molecule has 10 heteroatoms. The van der Waals surface area contributed by atoms with E-state index in [0.29, 0.717) is 17.3 Å². The summed E-state index contributed by atoms with van der Waals surface area (Å²) in [6.45, 7) is 5.59. The number of piperazine rings is 1. The fourth-order valence-electron chi connectivity index (χ4n) is 3.98. The molecule has 0 atom stereocenters. The molecule has 0 bridgehead atoms. The van der Waals surface area contributed by atoms with Crippen LogP contribution < -0.4 is 4.74 Å². The molecule has 1 fully saturated rings. The zero-order valence-electron chi connectivity index (χ0n) is 18.0. The van der Waals surface area contributed by atoms with Gasteiger partial charge >= 0.3 is 0 Å². The van der Waals surface area contributed by atoms with Gasteiger partial charge in [0.15, 0.2) is 12.3 Å². The number of carbonyl (C=O) groups is 1. The summed E-state index contributed by atoms with van der Waals surface area (Å²) in [7, 11) is 0. The molecule has 0 unspecified atom stereocenters. The van der Waals surface area contributed by atoms with Crippen molar-refractivity contribution in [3.63, 3.8) is 0 Å². The Hall–Kier alpha value is -3.37. The van der Waals surface area contributed by atoms with Gasteiger partial charge in [-0.3, -0.25) is 9.69 Å². The Morgan fingerprint density at radius 1 is 1.18 bits per heavy atom. The highest BCUT2D eigenvalue weighted by Gasteiger charge is 2.20. The van der Waals surface area contributed by atoms with Crippen LogP contribution in [0.5, 0.6) is 11.6 Å². The third kappa shape index (κ3) is 4.57. The zero-order valence-corrected chi connectivity index (χ0v) is 18.8. The summed E-state index contributed by atoms with van der Waals surface area (Å²) in [4.78, 5) is 20.0. The second-order valence-electron chi connectivity index (χ2n) is 7.85. The monoisotopic (exact) mass is 467 g/mol. The number of ether oxygens (including phenoxy) is 1. The predicted molar refractivity (Wildman–Crippen MR) is 123 cm³/mol. The molecule has 33 heavy (non-hydrogen) atoms. The summed E-state index contributed by atoms with van der Waals surface area (Å²) in [5, 5.41) is 4.93. The van der Waals surface area contributed by atoms with Gasteiger partial charge in [-0.25, -0.2) is 4.98 Å². The number of amides is 1. The van der Waals surface area contributed by atoms with E-state index in [1.165, 1.54) is 10.3 Å². The number of rotatable bonds is 6. The largest absolute Gasteiger partial charge is 0.464 e. The Balaban J connectivity index is 1.25. The molecule has 4 aromatic rings. The summed E-state index contributed by atoms with van der Waals surface area (Å²) < 4.78 is 25.8. The fourth-order valence-corrected chi connectivity index (χ4v) is 4.31. The van der Waals surface area contributed by atoms with Gasteiger partial charge in [0.1, 0.15) is 11.3 Å². The number of fused-ring (bicyclic) bond motifs is 1. The molecular weight excluding hydrogens is 445 g/mol. The lowest BCUT2D eigenvalue weighted by Crippen LogP contribution is -2.47. The number of carbonyl (C=O) groups excluding carboxylic acids is 1. The molecule has 0 radical (unpaired) electrons. The molecule has 0 spiro atoms. The molecule has 170 valence electrons. The minimum absolute atomic E-state index is 0.0363. The van der Waals surface area contributed by atoms with E-state index in [1.807, 2.05) is 23.1 Å². The van der Waals surface area contributed by atoms with Crippen LogP contribution in [0.1, 0.15) is 12.5 Å². The van der Waals surface area contributed by atoms with Gasteiger partial charge in [-0.15, -0.1) is 3.89 Å². The van der Waals surface area contributed by atoms with Crippen LogP contribution >= 0.6 is 12.3 Å².